The lowest BCUT2D eigenvalue weighted by molar-refractivity contribution is -0.116. The Balaban J connectivity index is 1.72. The first-order valence-corrected chi connectivity index (χ1v) is 9.64. The minimum Gasteiger partial charge on any atom is -0.350 e. The Morgan fingerprint density at radius 2 is 1.64 bits per heavy atom. The summed E-state index contributed by atoms with van der Waals surface area (Å²) in [5.41, 5.74) is 4.17. The van der Waals surface area contributed by atoms with Crippen LogP contribution in [0.1, 0.15) is 23.5 Å². The second-order valence-corrected chi connectivity index (χ2v) is 7.37. The molecule has 0 fully saturated rings. The van der Waals surface area contributed by atoms with Gasteiger partial charge in [-0.15, -0.1) is 0 Å². The van der Waals surface area contributed by atoms with Crippen LogP contribution in [0, 0.1) is 0 Å². The van der Waals surface area contributed by atoms with Crippen LogP contribution in [-0.2, 0) is 11.8 Å². The maximum absolute atomic E-state index is 12.8. The van der Waals surface area contributed by atoms with Gasteiger partial charge < -0.3 is 9.88 Å². The Labute approximate surface area is 169 Å². The molecule has 4 aromatic rings. The van der Waals surface area contributed by atoms with E-state index >= 15 is 0 Å². The second kappa shape index (κ2) is 7.91. The predicted octanol–water partition coefficient (Wildman–Crippen LogP) is 5.99. The van der Waals surface area contributed by atoms with Gasteiger partial charge in [0.1, 0.15) is 0 Å². The van der Waals surface area contributed by atoms with Crippen LogP contribution in [0.2, 0.25) is 5.02 Å². The monoisotopic (exact) mass is 388 g/mol. The summed E-state index contributed by atoms with van der Waals surface area (Å²) in [7, 11) is 2.04. The number of carbonyl (C=O) groups excluding carboxylic acids is 1. The van der Waals surface area contributed by atoms with Gasteiger partial charge in [0.15, 0.2) is 0 Å². The Morgan fingerprint density at radius 1 is 0.964 bits per heavy atom. The second-order valence-electron chi connectivity index (χ2n) is 6.93. The van der Waals surface area contributed by atoms with E-state index in [1.165, 1.54) is 0 Å². The Hall–Kier alpha value is -3.04. The maximum Gasteiger partial charge on any atom is 0.225 e. The molecule has 28 heavy (non-hydrogen) atoms. The highest BCUT2D eigenvalue weighted by Crippen LogP contribution is 2.35. The van der Waals surface area contributed by atoms with Crippen molar-refractivity contribution in [3.63, 3.8) is 0 Å². The fourth-order valence-electron chi connectivity index (χ4n) is 3.67. The van der Waals surface area contributed by atoms with Crippen molar-refractivity contribution in [2.24, 2.45) is 7.05 Å². The molecule has 1 atom stereocenters. The molecule has 4 heteroatoms. The number of para-hydroxylation sites is 2. The first-order chi connectivity index (χ1) is 13.6. The third-order valence-corrected chi connectivity index (χ3v) is 5.27. The molecule has 140 valence electrons. The number of nitrogens with one attached hydrogen (secondary N) is 1. The van der Waals surface area contributed by atoms with E-state index in [4.69, 9.17) is 11.6 Å². The molecule has 0 aliphatic carbocycles. The van der Waals surface area contributed by atoms with Crippen LogP contribution in [0.3, 0.4) is 0 Å². The number of fused-ring (bicyclic) bond motifs is 1. The molecule has 0 bridgehead atoms. The van der Waals surface area contributed by atoms with Crippen LogP contribution in [0.5, 0.6) is 0 Å². The van der Waals surface area contributed by atoms with Gasteiger partial charge in [0, 0.05) is 47.2 Å². The van der Waals surface area contributed by atoms with Gasteiger partial charge in [-0.05, 0) is 41.5 Å². The number of carbonyl (C=O) groups is 1. The summed E-state index contributed by atoms with van der Waals surface area (Å²) < 4.78 is 2.11. The van der Waals surface area contributed by atoms with Crippen LogP contribution in [0.15, 0.2) is 85.1 Å². The molecule has 4 rings (SSSR count). The number of rotatable bonds is 5. The largest absolute Gasteiger partial charge is 0.350 e. The molecule has 3 nitrogen and oxygen atoms in total. The zero-order chi connectivity index (χ0) is 19.5. The maximum atomic E-state index is 12.8. The standard InChI is InChI=1S/C24H21ClN2O/c1-27-16-22(20-9-5-6-10-23(20)27)21(17-11-13-18(25)14-12-17)15-24(28)26-19-7-3-2-4-8-19/h2-14,16,21H,15H2,1H3,(H,26,28). The van der Waals surface area contributed by atoms with E-state index in [0.717, 1.165) is 27.7 Å². The van der Waals surface area contributed by atoms with Crippen molar-refractivity contribution >= 4 is 34.1 Å². The van der Waals surface area contributed by atoms with Crippen LogP contribution in [0.25, 0.3) is 10.9 Å². The average Bonchev–Trinajstić information content (AvgIpc) is 3.04. The summed E-state index contributed by atoms with van der Waals surface area (Å²) in [6, 6.07) is 25.6. The number of aryl methyl sites for hydroxylation is 1. The quantitative estimate of drug-likeness (QED) is 0.447. The van der Waals surface area contributed by atoms with E-state index in [1.807, 2.05) is 73.8 Å². The van der Waals surface area contributed by atoms with E-state index in [9.17, 15) is 4.79 Å². The minimum atomic E-state index is -0.0629. The summed E-state index contributed by atoms with van der Waals surface area (Å²) in [5, 5.41) is 4.86. The van der Waals surface area contributed by atoms with E-state index in [0.29, 0.717) is 11.4 Å². The van der Waals surface area contributed by atoms with Crippen LogP contribution >= 0.6 is 11.6 Å². The Kier molecular flexibility index (Phi) is 5.18. The van der Waals surface area contributed by atoms with Gasteiger partial charge in [0.05, 0.1) is 0 Å². The summed E-state index contributed by atoms with van der Waals surface area (Å²) >= 11 is 6.09. The van der Waals surface area contributed by atoms with Crippen molar-refractivity contribution in [1.29, 1.82) is 0 Å². The van der Waals surface area contributed by atoms with E-state index in [1.54, 1.807) is 0 Å². The third kappa shape index (κ3) is 3.80. The zero-order valence-corrected chi connectivity index (χ0v) is 16.4. The molecular weight excluding hydrogens is 368 g/mol. The van der Waals surface area contributed by atoms with E-state index < -0.39 is 0 Å². The van der Waals surface area contributed by atoms with Crippen LogP contribution in [0.4, 0.5) is 5.69 Å². The first kappa shape index (κ1) is 18.3. The van der Waals surface area contributed by atoms with Gasteiger partial charge in [-0.25, -0.2) is 0 Å². The molecule has 0 radical (unpaired) electrons. The van der Waals surface area contributed by atoms with E-state index in [2.05, 4.69) is 28.2 Å². The number of nitrogens with zero attached hydrogens (tertiary/aromatic N) is 1. The molecule has 0 aliphatic heterocycles. The van der Waals surface area contributed by atoms with Gasteiger partial charge in [-0.2, -0.15) is 0 Å². The minimum absolute atomic E-state index is 0.0147. The van der Waals surface area contributed by atoms with Crippen molar-refractivity contribution in [1.82, 2.24) is 4.57 Å². The lowest BCUT2D eigenvalue weighted by Crippen LogP contribution is -2.16. The normalized spacial score (nSPS) is 12.1. The van der Waals surface area contributed by atoms with Crippen molar-refractivity contribution in [2.45, 2.75) is 12.3 Å². The van der Waals surface area contributed by atoms with Gasteiger partial charge >= 0.3 is 0 Å². The molecule has 0 saturated heterocycles. The molecule has 0 aliphatic rings. The SMILES string of the molecule is Cn1cc(C(CC(=O)Nc2ccccc2)c2ccc(Cl)cc2)c2ccccc21. The van der Waals surface area contributed by atoms with Crippen LogP contribution in [-0.4, -0.2) is 10.5 Å². The Morgan fingerprint density at radius 3 is 2.39 bits per heavy atom. The van der Waals surface area contributed by atoms with Crippen molar-refractivity contribution in [3.8, 4) is 0 Å². The van der Waals surface area contributed by atoms with E-state index in [-0.39, 0.29) is 11.8 Å². The van der Waals surface area contributed by atoms with Gasteiger partial charge in [-0.3, -0.25) is 4.79 Å². The average molecular weight is 389 g/mol. The topological polar surface area (TPSA) is 34.0 Å². The smallest absolute Gasteiger partial charge is 0.225 e. The lowest BCUT2D eigenvalue weighted by Gasteiger charge is -2.17. The van der Waals surface area contributed by atoms with Crippen molar-refractivity contribution < 1.29 is 4.79 Å². The number of aromatic nitrogens is 1. The lowest BCUT2D eigenvalue weighted by atomic mass is 9.88. The zero-order valence-electron chi connectivity index (χ0n) is 15.6. The summed E-state index contributed by atoms with van der Waals surface area (Å²) in [5.74, 6) is -0.0776. The summed E-state index contributed by atoms with van der Waals surface area (Å²) in [6.07, 6.45) is 2.48. The summed E-state index contributed by atoms with van der Waals surface area (Å²) in [6.45, 7) is 0. The predicted molar refractivity (Wildman–Crippen MR) is 116 cm³/mol. The van der Waals surface area contributed by atoms with Gasteiger partial charge in [-0.1, -0.05) is 60.1 Å². The fraction of sp³-hybridized carbons (Fsp3) is 0.125. The van der Waals surface area contributed by atoms with Crippen LogP contribution < -0.4 is 5.32 Å². The first-order valence-electron chi connectivity index (χ1n) is 9.26. The molecule has 3 aromatic carbocycles. The third-order valence-electron chi connectivity index (χ3n) is 5.02. The molecule has 1 N–H and O–H groups in total. The number of halogens is 1. The fourth-order valence-corrected chi connectivity index (χ4v) is 3.80. The van der Waals surface area contributed by atoms with Crippen molar-refractivity contribution in [3.05, 3.63) is 101 Å². The van der Waals surface area contributed by atoms with Gasteiger partial charge in [0.2, 0.25) is 5.91 Å². The highest BCUT2D eigenvalue weighted by Gasteiger charge is 2.22. The number of anilines is 1. The molecular formula is C24H21ClN2O. The molecule has 1 heterocycles. The highest BCUT2D eigenvalue weighted by molar-refractivity contribution is 6.30. The highest BCUT2D eigenvalue weighted by atomic mass is 35.5. The number of hydrogen-bond donors (Lipinski definition) is 1. The Bertz CT molecular complexity index is 1100. The van der Waals surface area contributed by atoms with Gasteiger partial charge in [0.25, 0.3) is 0 Å². The molecule has 1 amide bonds. The number of benzene rings is 3. The molecule has 1 unspecified atom stereocenters. The number of amides is 1. The van der Waals surface area contributed by atoms with Crippen molar-refractivity contribution in [2.75, 3.05) is 5.32 Å². The molecule has 0 spiro atoms. The molecule has 0 saturated carbocycles. The number of hydrogen-bond acceptors (Lipinski definition) is 1. The molecule has 1 aromatic heterocycles. The summed E-state index contributed by atoms with van der Waals surface area (Å²) in [4.78, 5) is 12.8.